The van der Waals surface area contributed by atoms with Crippen LogP contribution in [-0.4, -0.2) is 22.4 Å². The number of anilines is 2. The van der Waals surface area contributed by atoms with Gasteiger partial charge in [0.2, 0.25) is 11.9 Å². The normalized spacial score (nSPS) is 10.8. The van der Waals surface area contributed by atoms with Crippen molar-refractivity contribution >= 4 is 51.6 Å². The smallest absolute Gasteiger partial charge is 0.243 e. The number of amides is 1. The van der Waals surface area contributed by atoms with Crippen LogP contribution in [0.5, 0.6) is 0 Å². The molecule has 30 heavy (non-hydrogen) atoms. The first-order chi connectivity index (χ1) is 14.5. The quantitative estimate of drug-likeness (QED) is 0.404. The van der Waals surface area contributed by atoms with Gasteiger partial charge in [0.25, 0.3) is 0 Å². The summed E-state index contributed by atoms with van der Waals surface area (Å²) in [6.07, 6.45) is 0. The number of aryl methyl sites for hydroxylation is 1. The molecule has 0 unspecified atom stereocenters. The first-order valence-corrected chi connectivity index (χ1v) is 10.1. The molecule has 0 aliphatic rings. The van der Waals surface area contributed by atoms with E-state index in [1.165, 1.54) is 0 Å². The van der Waals surface area contributed by atoms with Crippen molar-refractivity contribution in [3.63, 3.8) is 0 Å². The van der Waals surface area contributed by atoms with Crippen LogP contribution in [0.4, 0.5) is 11.6 Å². The predicted octanol–water partition coefficient (Wildman–Crippen LogP) is 5.96. The highest BCUT2D eigenvalue weighted by atomic mass is 35.5. The van der Waals surface area contributed by atoms with Crippen LogP contribution in [0.2, 0.25) is 10.0 Å². The summed E-state index contributed by atoms with van der Waals surface area (Å²) in [5.74, 6) is 0.0597. The molecule has 3 aromatic carbocycles. The minimum Gasteiger partial charge on any atom is -0.345 e. The first-order valence-electron chi connectivity index (χ1n) is 9.33. The number of carbonyl (C=O) groups is 1. The van der Waals surface area contributed by atoms with E-state index in [9.17, 15) is 4.79 Å². The average molecular weight is 437 g/mol. The van der Waals surface area contributed by atoms with Gasteiger partial charge in [-0.3, -0.25) is 4.79 Å². The highest BCUT2D eigenvalue weighted by Crippen LogP contribution is 2.30. The third-order valence-electron chi connectivity index (χ3n) is 4.53. The number of nitrogens with zero attached hydrogens (tertiary/aromatic N) is 2. The number of fused-ring (bicyclic) bond motifs is 1. The topological polar surface area (TPSA) is 66.9 Å². The van der Waals surface area contributed by atoms with E-state index in [4.69, 9.17) is 23.2 Å². The second-order valence-corrected chi connectivity index (χ2v) is 7.60. The molecule has 4 rings (SSSR count). The van der Waals surface area contributed by atoms with E-state index < -0.39 is 0 Å². The molecule has 0 aliphatic carbocycles. The lowest BCUT2D eigenvalue weighted by Crippen LogP contribution is -2.23. The van der Waals surface area contributed by atoms with Gasteiger partial charge >= 0.3 is 0 Å². The molecule has 0 saturated carbocycles. The third-order valence-corrected chi connectivity index (χ3v) is 5.16. The molecule has 1 aromatic heterocycles. The summed E-state index contributed by atoms with van der Waals surface area (Å²) < 4.78 is 0. The molecule has 4 aromatic rings. The Kier molecular flexibility index (Phi) is 5.84. The minimum atomic E-state index is -0.307. The zero-order valence-electron chi connectivity index (χ0n) is 16.1. The van der Waals surface area contributed by atoms with E-state index >= 15 is 0 Å². The van der Waals surface area contributed by atoms with Crippen molar-refractivity contribution in [2.75, 3.05) is 17.2 Å². The number of hydrogen-bond acceptors (Lipinski definition) is 4. The Hall–Kier alpha value is -3.15. The maximum atomic E-state index is 12.4. The lowest BCUT2D eigenvalue weighted by molar-refractivity contribution is -0.114. The molecular formula is C23H18Cl2N4O. The Morgan fingerprint density at radius 2 is 1.67 bits per heavy atom. The molecule has 1 heterocycles. The van der Waals surface area contributed by atoms with Crippen molar-refractivity contribution in [1.29, 1.82) is 0 Å². The van der Waals surface area contributed by atoms with Gasteiger partial charge < -0.3 is 10.6 Å². The molecule has 0 aliphatic heterocycles. The molecule has 0 atom stereocenters. The third kappa shape index (κ3) is 4.37. The second kappa shape index (κ2) is 8.69. The Balaban J connectivity index is 1.60. The van der Waals surface area contributed by atoms with Crippen LogP contribution in [0.3, 0.4) is 0 Å². The van der Waals surface area contributed by atoms with E-state index in [2.05, 4.69) is 26.7 Å². The molecule has 0 radical (unpaired) electrons. The summed E-state index contributed by atoms with van der Waals surface area (Å²) >= 11 is 12.2. The van der Waals surface area contributed by atoms with Gasteiger partial charge in [-0.15, -0.1) is 0 Å². The number of benzene rings is 3. The zero-order chi connectivity index (χ0) is 21.1. The van der Waals surface area contributed by atoms with Crippen molar-refractivity contribution in [3.05, 3.63) is 82.3 Å². The number of hydrogen-bond donors (Lipinski definition) is 2. The number of aromatic nitrogens is 2. The Morgan fingerprint density at radius 3 is 2.40 bits per heavy atom. The fraction of sp³-hybridized carbons (Fsp3) is 0.0870. The van der Waals surface area contributed by atoms with E-state index in [-0.39, 0.29) is 12.5 Å². The maximum Gasteiger partial charge on any atom is 0.243 e. The molecule has 0 fully saturated rings. The number of carbonyl (C=O) groups excluding carboxylic acids is 1. The summed E-state index contributed by atoms with van der Waals surface area (Å²) in [5.41, 5.74) is 4.09. The average Bonchev–Trinajstić information content (AvgIpc) is 2.75. The molecule has 0 saturated heterocycles. The lowest BCUT2D eigenvalue weighted by Gasteiger charge is -2.12. The SMILES string of the molecule is Cc1ccc2nc(NCC(=O)Nc3c(Cl)cccc3Cl)nc(-c3ccccc3)c2c1. The molecule has 2 N–H and O–H groups in total. The van der Waals surface area contributed by atoms with Crippen molar-refractivity contribution in [2.45, 2.75) is 6.92 Å². The summed E-state index contributed by atoms with van der Waals surface area (Å²) in [6.45, 7) is 2.00. The van der Waals surface area contributed by atoms with Gasteiger partial charge in [0.1, 0.15) is 0 Å². The highest BCUT2D eigenvalue weighted by molar-refractivity contribution is 6.39. The lowest BCUT2D eigenvalue weighted by atomic mass is 10.0. The van der Waals surface area contributed by atoms with E-state index in [1.54, 1.807) is 18.2 Å². The van der Waals surface area contributed by atoms with Crippen molar-refractivity contribution in [1.82, 2.24) is 9.97 Å². The van der Waals surface area contributed by atoms with E-state index in [1.807, 2.05) is 49.4 Å². The molecule has 150 valence electrons. The van der Waals surface area contributed by atoms with E-state index in [0.717, 1.165) is 27.7 Å². The number of nitrogens with one attached hydrogen (secondary N) is 2. The molecule has 0 spiro atoms. The van der Waals surface area contributed by atoms with Crippen molar-refractivity contribution in [2.24, 2.45) is 0 Å². The Bertz CT molecular complexity index is 1210. The Labute approximate surface area is 184 Å². The van der Waals surface area contributed by atoms with Gasteiger partial charge in [-0.1, -0.05) is 71.2 Å². The number of halogens is 2. The van der Waals surface area contributed by atoms with Crippen LogP contribution >= 0.6 is 23.2 Å². The monoisotopic (exact) mass is 436 g/mol. The van der Waals surface area contributed by atoms with Gasteiger partial charge in [-0.2, -0.15) is 0 Å². The van der Waals surface area contributed by atoms with Crippen molar-refractivity contribution < 1.29 is 4.79 Å². The predicted molar refractivity (Wildman–Crippen MR) is 123 cm³/mol. The van der Waals surface area contributed by atoms with Crippen LogP contribution in [0.25, 0.3) is 22.2 Å². The molecule has 1 amide bonds. The Morgan fingerprint density at radius 1 is 0.933 bits per heavy atom. The number of para-hydroxylation sites is 1. The first kappa shape index (κ1) is 20.1. The van der Waals surface area contributed by atoms with Crippen LogP contribution in [0.15, 0.2) is 66.7 Å². The van der Waals surface area contributed by atoms with E-state index in [0.29, 0.717) is 21.7 Å². The summed E-state index contributed by atoms with van der Waals surface area (Å²) in [4.78, 5) is 21.6. The van der Waals surface area contributed by atoms with Crippen LogP contribution in [-0.2, 0) is 4.79 Å². The van der Waals surface area contributed by atoms with Crippen LogP contribution < -0.4 is 10.6 Å². The largest absolute Gasteiger partial charge is 0.345 e. The summed E-state index contributed by atoms with van der Waals surface area (Å²) in [7, 11) is 0. The molecule has 5 nitrogen and oxygen atoms in total. The second-order valence-electron chi connectivity index (χ2n) is 6.78. The van der Waals surface area contributed by atoms with Gasteiger partial charge in [0.15, 0.2) is 0 Å². The standard InChI is InChI=1S/C23H18Cl2N4O/c1-14-10-11-19-16(12-14)21(15-6-3-2-4-7-15)29-23(27-19)26-13-20(30)28-22-17(24)8-5-9-18(22)25/h2-12H,13H2,1H3,(H,28,30)(H,26,27,29). The zero-order valence-corrected chi connectivity index (χ0v) is 17.6. The van der Waals surface area contributed by atoms with Gasteiger partial charge in [0.05, 0.1) is 33.5 Å². The molecule has 0 bridgehead atoms. The fourth-order valence-corrected chi connectivity index (χ4v) is 3.59. The maximum absolute atomic E-state index is 12.4. The summed E-state index contributed by atoms with van der Waals surface area (Å²) in [5, 5.41) is 7.43. The highest BCUT2D eigenvalue weighted by Gasteiger charge is 2.13. The van der Waals surface area contributed by atoms with Crippen LogP contribution in [0, 0.1) is 6.92 Å². The summed E-state index contributed by atoms with van der Waals surface area (Å²) in [6, 6.07) is 20.9. The minimum absolute atomic E-state index is 0.0346. The fourth-order valence-electron chi connectivity index (χ4n) is 3.10. The molecule has 7 heteroatoms. The van der Waals surface area contributed by atoms with Crippen LogP contribution in [0.1, 0.15) is 5.56 Å². The molecular weight excluding hydrogens is 419 g/mol. The van der Waals surface area contributed by atoms with Gasteiger partial charge in [0, 0.05) is 10.9 Å². The van der Waals surface area contributed by atoms with Gasteiger partial charge in [-0.25, -0.2) is 9.97 Å². The van der Waals surface area contributed by atoms with Crippen molar-refractivity contribution in [3.8, 4) is 11.3 Å². The van der Waals surface area contributed by atoms with Gasteiger partial charge in [-0.05, 0) is 31.2 Å². The number of rotatable bonds is 5.